The Hall–Kier alpha value is -0.770. The second-order valence-electron chi connectivity index (χ2n) is 1.76. The Labute approximate surface area is 61.6 Å². The normalized spacial score (nSPS) is 9.10. The van der Waals surface area contributed by atoms with Gasteiger partial charge in [-0.2, -0.15) is 0 Å². The fourth-order valence-corrected chi connectivity index (χ4v) is 0.593. The fourth-order valence-electron chi connectivity index (χ4n) is 0.593. The number of carbonyl (C=O) groups is 1. The first kappa shape index (κ1) is 9.23. The van der Waals surface area contributed by atoms with Gasteiger partial charge in [0.05, 0.1) is 0 Å². The molecular formula is C6H14N3O. The van der Waals surface area contributed by atoms with Crippen molar-refractivity contribution in [1.29, 1.82) is 0 Å². The number of hydrogen-bond donors (Lipinski definition) is 2. The van der Waals surface area contributed by atoms with Crippen LogP contribution < -0.4 is 10.6 Å². The number of carbonyl (C=O) groups excluding carboxylic acids is 1. The molecule has 2 amide bonds. The highest BCUT2D eigenvalue weighted by atomic mass is 16.2. The third-order valence-corrected chi connectivity index (χ3v) is 1.10. The largest absolute Gasteiger partial charge is 0.341 e. The van der Waals surface area contributed by atoms with E-state index in [0.29, 0.717) is 6.54 Å². The number of urea groups is 1. The molecule has 1 radical (unpaired) electrons. The lowest BCUT2D eigenvalue weighted by Crippen LogP contribution is -2.38. The van der Waals surface area contributed by atoms with Gasteiger partial charge in [0.15, 0.2) is 0 Å². The Kier molecular flexibility index (Phi) is 4.66. The van der Waals surface area contributed by atoms with Crippen LogP contribution in [0.1, 0.15) is 6.92 Å². The molecule has 4 heteroatoms. The summed E-state index contributed by atoms with van der Waals surface area (Å²) in [5, 5.41) is 5.29. The first-order valence-corrected chi connectivity index (χ1v) is 3.25. The lowest BCUT2D eigenvalue weighted by Gasteiger charge is -2.18. The predicted molar refractivity (Wildman–Crippen MR) is 40.2 cm³/mol. The van der Waals surface area contributed by atoms with Crippen molar-refractivity contribution >= 4 is 6.03 Å². The van der Waals surface area contributed by atoms with Gasteiger partial charge < -0.3 is 10.2 Å². The molecule has 0 saturated carbocycles. The van der Waals surface area contributed by atoms with E-state index in [1.165, 1.54) is 0 Å². The van der Waals surface area contributed by atoms with Gasteiger partial charge in [0.1, 0.15) is 6.67 Å². The molecule has 2 N–H and O–H groups in total. The Morgan fingerprint density at radius 2 is 2.20 bits per heavy atom. The van der Waals surface area contributed by atoms with Crippen molar-refractivity contribution in [2.75, 3.05) is 20.6 Å². The fraction of sp³-hybridized carbons (Fsp3) is 0.667. The van der Waals surface area contributed by atoms with Crippen LogP contribution in [0.2, 0.25) is 0 Å². The van der Waals surface area contributed by atoms with Crippen LogP contribution in [0.25, 0.3) is 0 Å². The summed E-state index contributed by atoms with van der Waals surface area (Å²) in [6.07, 6.45) is 0. The summed E-state index contributed by atoms with van der Waals surface area (Å²) in [6, 6.07) is -0.100. The molecular weight excluding hydrogens is 130 g/mol. The number of amides is 2. The molecule has 0 aliphatic rings. The molecule has 0 aliphatic carbocycles. The van der Waals surface area contributed by atoms with Gasteiger partial charge >= 0.3 is 6.03 Å². The lowest BCUT2D eigenvalue weighted by molar-refractivity contribution is 0.211. The topological polar surface area (TPSA) is 44.4 Å². The van der Waals surface area contributed by atoms with Crippen molar-refractivity contribution in [3.63, 3.8) is 0 Å². The number of rotatable bonds is 3. The lowest BCUT2D eigenvalue weighted by atomic mass is 10.6. The summed E-state index contributed by atoms with van der Waals surface area (Å²) in [5.74, 6) is 0. The summed E-state index contributed by atoms with van der Waals surface area (Å²) in [6.45, 7) is 4.20. The van der Waals surface area contributed by atoms with Gasteiger partial charge in [-0.15, -0.1) is 0 Å². The van der Waals surface area contributed by atoms with E-state index in [4.69, 9.17) is 0 Å². The molecule has 0 unspecified atom stereocenters. The average Bonchev–Trinajstić information content (AvgIpc) is 1.99. The van der Waals surface area contributed by atoms with Gasteiger partial charge in [0.25, 0.3) is 0 Å². The van der Waals surface area contributed by atoms with Gasteiger partial charge in [0.2, 0.25) is 0 Å². The molecule has 10 heavy (non-hydrogen) atoms. The van der Waals surface area contributed by atoms with Crippen LogP contribution >= 0.6 is 0 Å². The molecule has 0 aromatic rings. The van der Waals surface area contributed by atoms with Crippen molar-refractivity contribution in [3.8, 4) is 0 Å². The van der Waals surface area contributed by atoms with Crippen LogP contribution in [-0.2, 0) is 0 Å². The molecule has 0 spiro atoms. The second kappa shape index (κ2) is 5.05. The predicted octanol–water partition coefficient (Wildman–Crippen LogP) is -0.0136. The average molecular weight is 144 g/mol. The van der Waals surface area contributed by atoms with Crippen molar-refractivity contribution in [3.05, 3.63) is 6.67 Å². The van der Waals surface area contributed by atoms with Crippen LogP contribution in [0.15, 0.2) is 0 Å². The Morgan fingerprint density at radius 1 is 1.60 bits per heavy atom. The monoisotopic (exact) mass is 144 g/mol. The van der Waals surface area contributed by atoms with E-state index in [1.54, 1.807) is 25.7 Å². The highest BCUT2D eigenvalue weighted by molar-refractivity contribution is 5.74. The Bertz CT molecular complexity index is 105. The summed E-state index contributed by atoms with van der Waals surface area (Å²) in [7, 11) is 3.36. The molecule has 59 valence electrons. The smallest absolute Gasteiger partial charge is 0.318 e. The second-order valence-corrected chi connectivity index (χ2v) is 1.76. The Balaban J connectivity index is 3.68. The molecule has 0 aromatic carbocycles. The SMILES string of the molecule is CCN([CH]NC)C(=O)NC. The summed E-state index contributed by atoms with van der Waals surface area (Å²) in [4.78, 5) is 12.4. The van der Waals surface area contributed by atoms with Crippen LogP contribution in [0.5, 0.6) is 0 Å². The van der Waals surface area contributed by atoms with Crippen molar-refractivity contribution < 1.29 is 4.79 Å². The summed E-state index contributed by atoms with van der Waals surface area (Å²) in [5.41, 5.74) is 0. The first-order valence-electron chi connectivity index (χ1n) is 3.25. The van der Waals surface area contributed by atoms with E-state index < -0.39 is 0 Å². The minimum atomic E-state index is -0.100. The van der Waals surface area contributed by atoms with Gasteiger partial charge in [-0.05, 0) is 14.0 Å². The molecule has 0 rings (SSSR count). The van der Waals surface area contributed by atoms with E-state index in [2.05, 4.69) is 10.6 Å². The quantitative estimate of drug-likeness (QED) is 0.585. The third-order valence-electron chi connectivity index (χ3n) is 1.10. The molecule has 4 nitrogen and oxygen atoms in total. The molecule has 0 bridgehead atoms. The van der Waals surface area contributed by atoms with E-state index >= 15 is 0 Å². The minimum Gasteiger partial charge on any atom is -0.341 e. The van der Waals surface area contributed by atoms with Gasteiger partial charge in [-0.25, -0.2) is 4.79 Å². The molecule has 0 aliphatic heterocycles. The highest BCUT2D eigenvalue weighted by Gasteiger charge is 2.06. The molecule has 0 saturated heterocycles. The first-order chi connectivity index (χ1) is 4.76. The maximum atomic E-state index is 10.9. The minimum absolute atomic E-state index is 0.100. The number of nitrogens with zero attached hydrogens (tertiary/aromatic N) is 1. The third kappa shape index (κ3) is 2.68. The van der Waals surface area contributed by atoms with Crippen molar-refractivity contribution in [1.82, 2.24) is 15.5 Å². The van der Waals surface area contributed by atoms with Crippen LogP contribution in [-0.4, -0.2) is 31.6 Å². The van der Waals surface area contributed by atoms with Crippen molar-refractivity contribution in [2.45, 2.75) is 6.92 Å². The van der Waals surface area contributed by atoms with Crippen LogP contribution in [0, 0.1) is 6.67 Å². The maximum Gasteiger partial charge on any atom is 0.318 e. The van der Waals surface area contributed by atoms with Crippen LogP contribution in [0.3, 0.4) is 0 Å². The van der Waals surface area contributed by atoms with Gasteiger partial charge in [0, 0.05) is 13.6 Å². The molecule has 0 aromatic heterocycles. The zero-order chi connectivity index (χ0) is 7.98. The highest BCUT2D eigenvalue weighted by Crippen LogP contribution is 1.88. The van der Waals surface area contributed by atoms with E-state index in [-0.39, 0.29) is 6.03 Å². The van der Waals surface area contributed by atoms with Crippen molar-refractivity contribution in [2.24, 2.45) is 0 Å². The van der Waals surface area contributed by atoms with Crippen LogP contribution in [0.4, 0.5) is 4.79 Å². The molecule has 0 fully saturated rings. The van der Waals surface area contributed by atoms with E-state index in [9.17, 15) is 4.79 Å². The standard InChI is InChI=1S/C6H14N3O/c1-4-9(5-7-2)6(10)8-3/h5,7H,4H2,1-3H3,(H,8,10). The summed E-state index contributed by atoms with van der Waals surface area (Å²) >= 11 is 0. The zero-order valence-electron chi connectivity index (χ0n) is 6.64. The summed E-state index contributed by atoms with van der Waals surface area (Å²) < 4.78 is 0. The van der Waals surface area contributed by atoms with Gasteiger partial charge in [-0.1, -0.05) is 0 Å². The number of hydrogen-bond acceptors (Lipinski definition) is 2. The number of nitrogens with one attached hydrogen (secondary N) is 2. The van der Waals surface area contributed by atoms with E-state index in [1.807, 2.05) is 6.92 Å². The molecule has 0 atom stereocenters. The Morgan fingerprint density at radius 3 is 2.50 bits per heavy atom. The maximum absolute atomic E-state index is 10.9. The molecule has 0 heterocycles. The van der Waals surface area contributed by atoms with E-state index in [0.717, 1.165) is 0 Å². The zero-order valence-corrected chi connectivity index (χ0v) is 6.64. The van der Waals surface area contributed by atoms with Gasteiger partial charge in [-0.3, -0.25) is 5.32 Å².